The molecule has 1 aromatic heterocycles. The van der Waals surface area contributed by atoms with Crippen molar-refractivity contribution in [2.75, 3.05) is 6.54 Å². The van der Waals surface area contributed by atoms with Crippen LogP contribution >= 0.6 is 0 Å². The minimum Gasteiger partial charge on any atom is -0.367 e. The van der Waals surface area contributed by atoms with Crippen LogP contribution in [0.2, 0.25) is 0 Å². The maximum Gasteiger partial charge on any atom is 0.433 e. The number of halogens is 3. The van der Waals surface area contributed by atoms with Gasteiger partial charge in [0.1, 0.15) is 5.69 Å². The van der Waals surface area contributed by atoms with Gasteiger partial charge in [-0.2, -0.15) is 13.2 Å². The van der Waals surface area contributed by atoms with E-state index in [1.54, 1.807) is 6.07 Å². The third-order valence-electron chi connectivity index (χ3n) is 4.66. The summed E-state index contributed by atoms with van der Waals surface area (Å²) in [4.78, 5) is 3.39. The minimum absolute atomic E-state index is 0.0792. The zero-order chi connectivity index (χ0) is 16.7. The predicted molar refractivity (Wildman–Crippen MR) is 82.5 cm³/mol. The molecule has 1 aromatic carbocycles. The fraction of sp³-hybridized carbons (Fsp3) is 0.389. The molecule has 0 amide bonds. The molecule has 0 saturated carbocycles. The molecule has 0 radical (unpaired) electrons. The molecule has 2 aromatic rings. The first-order valence-electron chi connectivity index (χ1n) is 7.99. The van der Waals surface area contributed by atoms with Crippen molar-refractivity contribution in [1.29, 1.82) is 0 Å². The summed E-state index contributed by atoms with van der Waals surface area (Å²) in [7, 11) is 0. The monoisotopic (exact) mass is 334 g/mol. The van der Waals surface area contributed by atoms with Gasteiger partial charge in [0.2, 0.25) is 0 Å². The van der Waals surface area contributed by atoms with Gasteiger partial charge in [-0.3, -0.25) is 4.98 Å². The van der Waals surface area contributed by atoms with E-state index in [0.29, 0.717) is 24.1 Å². The van der Waals surface area contributed by atoms with E-state index in [1.807, 2.05) is 24.3 Å². The van der Waals surface area contributed by atoms with Crippen LogP contribution in [-0.4, -0.2) is 23.7 Å². The lowest BCUT2D eigenvalue weighted by atomic mass is 9.99. The number of nitrogens with zero attached hydrogens (tertiary/aromatic N) is 1. The lowest BCUT2D eigenvalue weighted by Crippen LogP contribution is -2.33. The number of hydrogen-bond acceptors (Lipinski definition) is 3. The van der Waals surface area contributed by atoms with Crippen molar-refractivity contribution in [1.82, 2.24) is 10.3 Å². The third kappa shape index (κ3) is 3.03. The first-order chi connectivity index (χ1) is 11.5. The molecule has 3 atom stereocenters. The highest BCUT2D eigenvalue weighted by molar-refractivity contribution is 5.31. The fourth-order valence-corrected chi connectivity index (χ4v) is 3.48. The van der Waals surface area contributed by atoms with Crippen LogP contribution in [0.1, 0.15) is 34.9 Å². The summed E-state index contributed by atoms with van der Waals surface area (Å²) in [5.41, 5.74) is 1.83. The summed E-state index contributed by atoms with van der Waals surface area (Å²) in [5.74, 6) is 0. The average molecular weight is 334 g/mol. The molecule has 1 N–H and O–H groups in total. The molecule has 0 unspecified atom stereocenters. The summed E-state index contributed by atoms with van der Waals surface area (Å²) in [6.45, 7) is 0.919. The summed E-state index contributed by atoms with van der Waals surface area (Å²) in [5, 5.41) is 3.44. The van der Waals surface area contributed by atoms with Gasteiger partial charge in [0, 0.05) is 18.8 Å². The zero-order valence-electron chi connectivity index (χ0n) is 12.9. The Morgan fingerprint density at radius 2 is 1.92 bits per heavy atom. The second-order valence-corrected chi connectivity index (χ2v) is 6.39. The van der Waals surface area contributed by atoms with Gasteiger partial charge in [-0.25, -0.2) is 0 Å². The lowest BCUT2D eigenvalue weighted by Gasteiger charge is -2.23. The maximum absolute atomic E-state index is 12.7. The van der Waals surface area contributed by atoms with Gasteiger partial charge < -0.3 is 10.1 Å². The number of fused-ring (bicyclic) bond motifs is 2. The van der Waals surface area contributed by atoms with Crippen molar-refractivity contribution in [3.8, 4) is 0 Å². The van der Waals surface area contributed by atoms with Gasteiger partial charge in [0.15, 0.2) is 0 Å². The SMILES string of the molecule is FC(F)(F)c1cc(Cc2ccc([C@H]3O[C@@H]4CN[C@H]3C4)cc2)ccn1. The number of aromatic nitrogens is 1. The van der Waals surface area contributed by atoms with Crippen molar-refractivity contribution < 1.29 is 17.9 Å². The van der Waals surface area contributed by atoms with Gasteiger partial charge in [0.25, 0.3) is 0 Å². The van der Waals surface area contributed by atoms with E-state index in [0.717, 1.165) is 30.2 Å². The van der Waals surface area contributed by atoms with Crippen LogP contribution < -0.4 is 5.32 Å². The Balaban J connectivity index is 1.48. The number of hydrogen-bond donors (Lipinski definition) is 1. The molecule has 3 heterocycles. The summed E-state index contributed by atoms with van der Waals surface area (Å²) in [6.07, 6.45) is -1.33. The quantitative estimate of drug-likeness (QED) is 0.933. The third-order valence-corrected chi connectivity index (χ3v) is 4.66. The molecule has 2 aliphatic rings. The van der Waals surface area contributed by atoms with E-state index in [2.05, 4.69) is 10.3 Å². The van der Waals surface area contributed by atoms with Gasteiger partial charge >= 0.3 is 6.18 Å². The summed E-state index contributed by atoms with van der Waals surface area (Å²) in [6, 6.07) is 11.0. The van der Waals surface area contributed by atoms with Crippen molar-refractivity contribution in [2.24, 2.45) is 0 Å². The van der Waals surface area contributed by atoms with Gasteiger partial charge in [-0.15, -0.1) is 0 Å². The normalized spacial score (nSPS) is 26.0. The smallest absolute Gasteiger partial charge is 0.367 e. The van der Waals surface area contributed by atoms with Gasteiger partial charge in [-0.1, -0.05) is 24.3 Å². The van der Waals surface area contributed by atoms with Crippen LogP contribution in [0.5, 0.6) is 0 Å². The first kappa shape index (κ1) is 15.6. The van der Waals surface area contributed by atoms with Gasteiger partial charge in [-0.05, 0) is 41.7 Å². The Morgan fingerprint density at radius 1 is 1.12 bits per heavy atom. The number of morpholine rings is 1. The Labute approximate surface area is 137 Å². The summed E-state index contributed by atoms with van der Waals surface area (Å²) >= 11 is 0. The fourth-order valence-electron chi connectivity index (χ4n) is 3.48. The molecular weight excluding hydrogens is 317 g/mol. The molecular formula is C18H17F3N2O. The van der Waals surface area contributed by atoms with Crippen LogP contribution in [0.3, 0.4) is 0 Å². The van der Waals surface area contributed by atoms with E-state index in [-0.39, 0.29) is 6.10 Å². The molecule has 2 fully saturated rings. The highest BCUT2D eigenvalue weighted by atomic mass is 19.4. The molecule has 6 heteroatoms. The first-order valence-corrected chi connectivity index (χ1v) is 7.99. The lowest BCUT2D eigenvalue weighted by molar-refractivity contribution is -0.141. The van der Waals surface area contributed by atoms with E-state index in [9.17, 15) is 13.2 Å². The van der Waals surface area contributed by atoms with Crippen LogP contribution in [0.15, 0.2) is 42.6 Å². The van der Waals surface area contributed by atoms with Crippen LogP contribution in [0.25, 0.3) is 0 Å². The number of benzene rings is 1. The molecule has 2 aliphatic heterocycles. The zero-order valence-corrected chi connectivity index (χ0v) is 12.9. The Bertz CT molecular complexity index is 730. The van der Waals surface area contributed by atoms with Gasteiger partial charge in [0.05, 0.1) is 12.2 Å². The van der Waals surface area contributed by atoms with Crippen molar-refractivity contribution >= 4 is 0 Å². The van der Waals surface area contributed by atoms with E-state index in [1.165, 1.54) is 6.20 Å². The molecule has 2 saturated heterocycles. The van der Waals surface area contributed by atoms with E-state index in [4.69, 9.17) is 4.74 Å². The number of alkyl halides is 3. The maximum atomic E-state index is 12.7. The molecule has 0 aliphatic carbocycles. The van der Waals surface area contributed by atoms with Crippen molar-refractivity contribution in [3.05, 3.63) is 65.0 Å². The molecule has 0 spiro atoms. The Kier molecular flexibility index (Phi) is 3.81. The van der Waals surface area contributed by atoms with Crippen LogP contribution in [-0.2, 0) is 17.3 Å². The van der Waals surface area contributed by atoms with Crippen LogP contribution in [0.4, 0.5) is 13.2 Å². The van der Waals surface area contributed by atoms with Crippen LogP contribution in [0, 0.1) is 0 Å². The minimum atomic E-state index is -4.41. The Morgan fingerprint density at radius 3 is 2.54 bits per heavy atom. The number of ether oxygens (including phenoxy) is 1. The number of pyridine rings is 1. The number of nitrogens with one attached hydrogen (secondary N) is 1. The molecule has 4 rings (SSSR count). The largest absolute Gasteiger partial charge is 0.433 e. The molecule has 126 valence electrons. The predicted octanol–water partition coefficient (Wildman–Crippen LogP) is 3.49. The topological polar surface area (TPSA) is 34.1 Å². The van der Waals surface area contributed by atoms with Crippen molar-refractivity contribution in [2.45, 2.75) is 37.3 Å². The standard InChI is InChI=1S/C18H17F3N2O/c19-18(20,21)16-8-12(5-6-22-16)7-11-1-3-13(4-2-11)17-15-9-14(24-17)10-23-15/h1-6,8,14-15,17,23H,7,9-10H2/t14-,15-,17+/m0/s1. The number of rotatable bonds is 3. The Hall–Kier alpha value is -1.92. The van der Waals surface area contributed by atoms with E-state index >= 15 is 0 Å². The average Bonchev–Trinajstić information content (AvgIpc) is 3.18. The highest BCUT2D eigenvalue weighted by Crippen LogP contribution is 2.37. The summed E-state index contributed by atoms with van der Waals surface area (Å²) < 4.78 is 44.1. The molecule has 24 heavy (non-hydrogen) atoms. The highest BCUT2D eigenvalue weighted by Gasteiger charge is 2.41. The second kappa shape index (κ2) is 5.86. The van der Waals surface area contributed by atoms with E-state index < -0.39 is 11.9 Å². The van der Waals surface area contributed by atoms with Crippen molar-refractivity contribution in [3.63, 3.8) is 0 Å². The molecule has 3 nitrogen and oxygen atoms in total. The molecule has 2 bridgehead atoms. The second-order valence-electron chi connectivity index (χ2n) is 6.39.